The molecule has 1 aromatic rings. The van der Waals surface area contributed by atoms with Crippen LogP contribution in [0.1, 0.15) is 32.0 Å². The van der Waals surface area contributed by atoms with Gasteiger partial charge in [0.2, 0.25) is 0 Å². The minimum atomic E-state index is -1.03. The number of likely N-dealkylation sites (N-methyl/N-ethyl adjacent to an activating group) is 1. The number of carboxylic acid groups (broad SMARTS) is 1. The van der Waals surface area contributed by atoms with Crippen molar-refractivity contribution in [1.29, 1.82) is 0 Å². The van der Waals surface area contributed by atoms with E-state index in [1.54, 1.807) is 0 Å². The molecule has 0 aromatic carbocycles. The Bertz CT molecular complexity index is 566. The van der Waals surface area contributed by atoms with Crippen molar-refractivity contribution in [1.82, 2.24) is 14.5 Å². The van der Waals surface area contributed by atoms with Gasteiger partial charge in [-0.1, -0.05) is 13.8 Å². The van der Waals surface area contributed by atoms with Gasteiger partial charge >= 0.3 is 11.5 Å². The zero-order valence-corrected chi connectivity index (χ0v) is 13.9. The largest absolute Gasteiger partial charge is 0.480 e. The molecule has 0 radical (unpaired) electrons. The summed E-state index contributed by atoms with van der Waals surface area (Å²) in [5, 5.41) is 9.44. The summed E-state index contributed by atoms with van der Waals surface area (Å²) in [5.74, 6) is -0.939. The lowest BCUT2D eigenvalue weighted by atomic mass is 10.0. The molecule has 124 valence electrons. The molecule has 1 unspecified atom stereocenters. The lowest BCUT2D eigenvalue weighted by molar-refractivity contribution is -0.141. The molecule has 7 nitrogen and oxygen atoms in total. The van der Waals surface area contributed by atoms with Crippen molar-refractivity contribution in [2.24, 2.45) is 5.92 Å². The predicted molar refractivity (Wildman–Crippen MR) is 83.4 cm³/mol. The highest BCUT2D eigenvalue weighted by atomic mass is 16.5. The van der Waals surface area contributed by atoms with Crippen molar-refractivity contribution in [3.8, 4) is 5.88 Å². The molecule has 7 heteroatoms. The van der Waals surface area contributed by atoms with Gasteiger partial charge in [0.25, 0.3) is 5.88 Å². The van der Waals surface area contributed by atoms with Gasteiger partial charge in [-0.25, -0.2) is 9.78 Å². The van der Waals surface area contributed by atoms with Crippen molar-refractivity contribution in [2.45, 2.75) is 32.7 Å². The summed E-state index contributed by atoms with van der Waals surface area (Å²) in [6.07, 6.45) is 2.52. The van der Waals surface area contributed by atoms with E-state index in [9.17, 15) is 14.7 Å². The van der Waals surface area contributed by atoms with Gasteiger partial charge in [-0.2, -0.15) is 0 Å². The first-order valence-electron chi connectivity index (χ1n) is 7.29. The zero-order chi connectivity index (χ0) is 16.9. The fourth-order valence-corrected chi connectivity index (χ4v) is 2.14. The monoisotopic (exact) mass is 311 g/mol. The Balaban J connectivity index is 3.27. The molecule has 0 aliphatic rings. The molecule has 0 saturated heterocycles. The van der Waals surface area contributed by atoms with Gasteiger partial charge in [0, 0.05) is 19.2 Å². The van der Waals surface area contributed by atoms with Crippen LogP contribution in [0.25, 0.3) is 0 Å². The summed E-state index contributed by atoms with van der Waals surface area (Å²) in [6, 6.07) is -0.914. The van der Waals surface area contributed by atoms with Crippen LogP contribution in [-0.4, -0.2) is 53.3 Å². The third-order valence-electron chi connectivity index (χ3n) is 3.27. The normalized spacial score (nSPS) is 12.7. The molecule has 22 heavy (non-hydrogen) atoms. The van der Waals surface area contributed by atoms with Crippen LogP contribution < -0.4 is 10.3 Å². The van der Waals surface area contributed by atoms with Crippen molar-refractivity contribution in [2.75, 3.05) is 27.7 Å². The Labute approximate surface area is 130 Å². The van der Waals surface area contributed by atoms with E-state index in [1.165, 1.54) is 17.9 Å². The van der Waals surface area contributed by atoms with Crippen LogP contribution in [0.3, 0.4) is 0 Å². The number of rotatable bonds is 8. The standard InChI is InChI=1S/C15H25N3O4/c1-10(2)8-12(15(20)21)18-9-11(6-7-17(3)4)16-13(22-5)14(18)19/h9-10,12H,6-8H2,1-5H3,(H,20,21). The van der Waals surface area contributed by atoms with E-state index in [0.717, 1.165) is 6.54 Å². The molecule has 0 bridgehead atoms. The number of carboxylic acids is 1. The third-order valence-corrected chi connectivity index (χ3v) is 3.27. The van der Waals surface area contributed by atoms with Gasteiger partial charge in [0.15, 0.2) is 0 Å². The molecule has 0 fully saturated rings. The topological polar surface area (TPSA) is 84.7 Å². The maximum atomic E-state index is 12.3. The molecule has 1 heterocycles. The summed E-state index contributed by atoms with van der Waals surface area (Å²) < 4.78 is 6.25. The number of nitrogens with zero attached hydrogens (tertiary/aromatic N) is 3. The average Bonchev–Trinajstić information content (AvgIpc) is 2.43. The molecule has 0 saturated carbocycles. The van der Waals surface area contributed by atoms with Gasteiger partial charge < -0.3 is 14.7 Å². The minimum Gasteiger partial charge on any atom is -0.480 e. The molecule has 1 aromatic heterocycles. The summed E-state index contributed by atoms with van der Waals surface area (Å²) in [4.78, 5) is 30.0. The maximum Gasteiger partial charge on any atom is 0.326 e. The van der Waals surface area contributed by atoms with E-state index in [4.69, 9.17) is 4.74 Å². The second kappa shape index (κ2) is 7.93. The van der Waals surface area contributed by atoms with Crippen LogP contribution in [0.15, 0.2) is 11.0 Å². The fourth-order valence-electron chi connectivity index (χ4n) is 2.14. The van der Waals surface area contributed by atoms with E-state index in [0.29, 0.717) is 18.5 Å². The SMILES string of the molecule is COc1nc(CCN(C)C)cn(C(CC(C)C)C(=O)O)c1=O. The summed E-state index contributed by atoms with van der Waals surface area (Å²) in [5.41, 5.74) is 0.129. The van der Waals surface area contributed by atoms with Gasteiger partial charge in [0.1, 0.15) is 6.04 Å². The molecular weight excluding hydrogens is 286 g/mol. The first kappa shape index (κ1) is 18.2. The Morgan fingerprint density at radius 1 is 1.45 bits per heavy atom. The van der Waals surface area contributed by atoms with Gasteiger partial charge in [-0.3, -0.25) is 9.36 Å². The van der Waals surface area contributed by atoms with Crippen molar-refractivity contribution < 1.29 is 14.6 Å². The van der Waals surface area contributed by atoms with Crippen LogP contribution >= 0.6 is 0 Å². The van der Waals surface area contributed by atoms with Crippen molar-refractivity contribution in [3.05, 3.63) is 22.2 Å². The summed E-state index contributed by atoms with van der Waals surface area (Å²) in [7, 11) is 5.24. The van der Waals surface area contributed by atoms with E-state index >= 15 is 0 Å². The number of ether oxygens (including phenoxy) is 1. The maximum absolute atomic E-state index is 12.3. The quantitative estimate of drug-likeness (QED) is 0.772. The lowest BCUT2D eigenvalue weighted by Crippen LogP contribution is -2.32. The highest BCUT2D eigenvalue weighted by molar-refractivity contribution is 5.71. The number of methoxy groups -OCH3 is 1. The second-order valence-corrected chi connectivity index (χ2v) is 5.99. The van der Waals surface area contributed by atoms with Crippen LogP contribution in [-0.2, 0) is 11.2 Å². The number of aliphatic carboxylic acids is 1. The predicted octanol–water partition coefficient (Wildman–Crippen LogP) is 1.03. The Kier molecular flexibility index (Phi) is 6.55. The van der Waals surface area contributed by atoms with E-state index in [-0.39, 0.29) is 11.8 Å². The van der Waals surface area contributed by atoms with Crippen molar-refractivity contribution >= 4 is 5.97 Å². The van der Waals surface area contributed by atoms with Crippen LogP contribution in [0.5, 0.6) is 5.88 Å². The molecule has 1 N–H and O–H groups in total. The molecule has 0 amide bonds. The first-order chi connectivity index (χ1) is 10.3. The van der Waals surface area contributed by atoms with Gasteiger partial charge in [-0.05, 0) is 26.4 Å². The minimum absolute atomic E-state index is 0.0636. The molecule has 0 aliphatic heterocycles. The third kappa shape index (κ3) is 4.84. The van der Waals surface area contributed by atoms with Gasteiger partial charge in [-0.15, -0.1) is 0 Å². The first-order valence-corrected chi connectivity index (χ1v) is 7.29. The lowest BCUT2D eigenvalue weighted by Gasteiger charge is -2.19. The highest BCUT2D eigenvalue weighted by Gasteiger charge is 2.24. The number of hydrogen-bond donors (Lipinski definition) is 1. The van der Waals surface area contributed by atoms with Crippen LogP contribution in [0, 0.1) is 5.92 Å². The highest BCUT2D eigenvalue weighted by Crippen LogP contribution is 2.18. The summed E-state index contributed by atoms with van der Waals surface area (Å²) >= 11 is 0. The smallest absolute Gasteiger partial charge is 0.326 e. The molecule has 0 aliphatic carbocycles. The Morgan fingerprint density at radius 3 is 2.55 bits per heavy atom. The second-order valence-electron chi connectivity index (χ2n) is 5.99. The summed E-state index contributed by atoms with van der Waals surface area (Å²) in [6.45, 7) is 4.59. The zero-order valence-electron chi connectivity index (χ0n) is 13.9. The average molecular weight is 311 g/mol. The van der Waals surface area contributed by atoms with Gasteiger partial charge in [0.05, 0.1) is 12.8 Å². The van der Waals surface area contributed by atoms with E-state index in [2.05, 4.69) is 4.98 Å². The number of aromatic nitrogens is 2. The molecule has 1 atom stereocenters. The van der Waals surface area contributed by atoms with Crippen molar-refractivity contribution in [3.63, 3.8) is 0 Å². The molecule has 0 spiro atoms. The van der Waals surface area contributed by atoms with E-state index in [1.807, 2.05) is 32.8 Å². The van der Waals surface area contributed by atoms with Crippen LogP contribution in [0.4, 0.5) is 0 Å². The number of hydrogen-bond acceptors (Lipinski definition) is 5. The molecular formula is C15H25N3O4. The Hall–Kier alpha value is -1.89. The fraction of sp³-hybridized carbons (Fsp3) is 0.667. The van der Waals surface area contributed by atoms with E-state index < -0.39 is 17.6 Å². The number of carbonyl (C=O) groups is 1. The molecule has 1 rings (SSSR count). The van der Waals surface area contributed by atoms with Crippen LogP contribution in [0.2, 0.25) is 0 Å². The Morgan fingerprint density at radius 2 is 2.09 bits per heavy atom.